The molecule has 0 amide bonds. The number of hydrogen-bond donors (Lipinski definition) is 1. The zero-order valence-electron chi connectivity index (χ0n) is 10.7. The molecule has 2 heterocycles. The summed E-state index contributed by atoms with van der Waals surface area (Å²) in [6.07, 6.45) is 0. The van der Waals surface area contributed by atoms with Crippen LogP contribution in [0.25, 0.3) is 10.6 Å². The van der Waals surface area contributed by atoms with Crippen LogP contribution in [0.1, 0.15) is 16.1 Å². The molecule has 5 nitrogen and oxygen atoms in total. The Morgan fingerprint density at radius 2 is 2.10 bits per heavy atom. The van der Waals surface area contributed by atoms with E-state index in [-0.39, 0.29) is 18.1 Å². The topological polar surface area (TPSA) is 68.0 Å². The molecule has 1 N–H and O–H groups in total. The largest absolute Gasteiger partial charge is 0.476 e. The van der Waals surface area contributed by atoms with Gasteiger partial charge < -0.3 is 5.11 Å². The molecule has 0 bridgehead atoms. The average Bonchev–Trinajstić information content (AvgIpc) is 3.09. The zero-order valence-corrected chi connectivity index (χ0v) is 11.5. The smallest absolute Gasteiger partial charge is 0.358 e. The van der Waals surface area contributed by atoms with E-state index in [1.807, 2.05) is 11.4 Å². The lowest BCUT2D eigenvalue weighted by Crippen LogP contribution is -2.06. The number of rotatable bonds is 4. The number of carboxylic acids is 1. The van der Waals surface area contributed by atoms with Crippen molar-refractivity contribution in [1.82, 2.24) is 15.0 Å². The molecular formula is C14H10FN3O2S. The minimum atomic E-state index is -1.15. The number of aromatic nitrogens is 3. The molecule has 7 heteroatoms. The molecule has 2 aromatic heterocycles. The number of thiophene rings is 1. The summed E-state index contributed by atoms with van der Waals surface area (Å²) in [5.74, 6) is -1.51. The van der Waals surface area contributed by atoms with E-state index in [1.54, 1.807) is 24.3 Å². The Balaban J connectivity index is 2.08. The molecule has 106 valence electrons. The Morgan fingerprint density at radius 1 is 1.29 bits per heavy atom. The van der Waals surface area contributed by atoms with Crippen LogP contribution in [0, 0.1) is 5.82 Å². The highest BCUT2D eigenvalue weighted by Gasteiger charge is 2.21. The molecule has 0 saturated carbocycles. The fourth-order valence-electron chi connectivity index (χ4n) is 2.01. The van der Waals surface area contributed by atoms with Crippen LogP contribution < -0.4 is 0 Å². The van der Waals surface area contributed by atoms with E-state index in [0.29, 0.717) is 11.3 Å². The third kappa shape index (κ3) is 2.55. The van der Waals surface area contributed by atoms with Gasteiger partial charge in [-0.2, -0.15) is 0 Å². The van der Waals surface area contributed by atoms with Crippen molar-refractivity contribution in [2.75, 3.05) is 0 Å². The molecular weight excluding hydrogens is 293 g/mol. The Bertz CT molecular complexity index is 783. The normalized spacial score (nSPS) is 10.7. The fourth-order valence-corrected chi connectivity index (χ4v) is 2.79. The number of carbonyl (C=O) groups is 1. The molecule has 0 unspecified atom stereocenters. The lowest BCUT2D eigenvalue weighted by molar-refractivity contribution is 0.0691. The Hall–Kier alpha value is -2.54. The van der Waals surface area contributed by atoms with Crippen LogP contribution in [-0.2, 0) is 6.54 Å². The first-order chi connectivity index (χ1) is 10.2. The minimum absolute atomic E-state index is 0.125. The summed E-state index contributed by atoms with van der Waals surface area (Å²) in [6.45, 7) is 0.125. The molecule has 0 atom stereocenters. The highest BCUT2D eigenvalue weighted by atomic mass is 32.1. The lowest BCUT2D eigenvalue weighted by Gasteiger charge is -2.06. The predicted molar refractivity (Wildman–Crippen MR) is 75.8 cm³/mol. The van der Waals surface area contributed by atoms with Gasteiger partial charge in [0.1, 0.15) is 11.5 Å². The van der Waals surface area contributed by atoms with E-state index in [2.05, 4.69) is 10.3 Å². The van der Waals surface area contributed by atoms with E-state index >= 15 is 0 Å². The SMILES string of the molecule is O=C(O)c1nnn(Cc2ccccc2F)c1-c1cccs1. The van der Waals surface area contributed by atoms with Crippen LogP contribution >= 0.6 is 11.3 Å². The van der Waals surface area contributed by atoms with E-state index < -0.39 is 5.97 Å². The summed E-state index contributed by atoms with van der Waals surface area (Å²) in [4.78, 5) is 12.0. The van der Waals surface area contributed by atoms with Gasteiger partial charge in [0.2, 0.25) is 0 Å². The standard InChI is InChI=1S/C14H10FN3O2S/c15-10-5-2-1-4-9(10)8-18-13(11-6-3-7-21-11)12(14(19)20)16-17-18/h1-7H,8H2,(H,19,20). The molecule has 0 aliphatic carbocycles. The van der Waals surface area contributed by atoms with Gasteiger partial charge >= 0.3 is 5.97 Å². The second-order valence-electron chi connectivity index (χ2n) is 4.32. The third-order valence-electron chi connectivity index (χ3n) is 2.97. The second-order valence-corrected chi connectivity index (χ2v) is 5.27. The van der Waals surface area contributed by atoms with Crippen LogP contribution in [0.15, 0.2) is 41.8 Å². The highest BCUT2D eigenvalue weighted by molar-refractivity contribution is 7.13. The first kappa shape index (κ1) is 13.4. The Kier molecular flexibility index (Phi) is 3.49. The first-order valence-corrected chi connectivity index (χ1v) is 6.99. The molecule has 3 rings (SSSR count). The van der Waals surface area contributed by atoms with Gasteiger partial charge in [-0.05, 0) is 17.5 Å². The Labute approximate surface area is 123 Å². The van der Waals surface area contributed by atoms with Crippen molar-refractivity contribution in [1.29, 1.82) is 0 Å². The third-order valence-corrected chi connectivity index (χ3v) is 3.85. The lowest BCUT2D eigenvalue weighted by atomic mass is 10.2. The van der Waals surface area contributed by atoms with Gasteiger partial charge in [-0.3, -0.25) is 0 Å². The number of hydrogen-bond acceptors (Lipinski definition) is 4. The minimum Gasteiger partial charge on any atom is -0.476 e. The van der Waals surface area contributed by atoms with Crippen LogP contribution in [0.4, 0.5) is 4.39 Å². The summed E-state index contributed by atoms with van der Waals surface area (Å²) in [6, 6.07) is 9.91. The molecule has 0 aliphatic heterocycles. The van der Waals surface area contributed by atoms with Gasteiger partial charge in [-0.1, -0.05) is 29.5 Å². The summed E-state index contributed by atoms with van der Waals surface area (Å²) in [7, 11) is 0. The van der Waals surface area contributed by atoms with Gasteiger partial charge in [0.15, 0.2) is 5.69 Å². The molecule has 0 spiro atoms. The molecule has 3 aromatic rings. The van der Waals surface area contributed by atoms with E-state index in [0.717, 1.165) is 4.88 Å². The zero-order chi connectivity index (χ0) is 14.8. The number of nitrogens with zero attached hydrogens (tertiary/aromatic N) is 3. The van der Waals surface area contributed by atoms with Crippen molar-refractivity contribution in [3.8, 4) is 10.6 Å². The number of benzene rings is 1. The maximum absolute atomic E-state index is 13.7. The van der Waals surface area contributed by atoms with Crippen molar-refractivity contribution in [2.24, 2.45) is 0 Å². The number of carboxylic acid groups (broad SMARTS) is 1. The Morgan fingerprint density at radius 3 is 2.76 bits per heavy atom. The maximum Gasteiger partial charge on any atom is 0.358 e. The summed E-state index contributed by atoms with van der Waals surface area (Å²) < 4.78 is 15.1. The summed E-state index contributed by atoms with van der Waals surface area (Å²) in [5.41, 5.74) is 0.687. The van der Waals surface area contributed by atoms with Gasteiger partial charge in [0, 0.05) is 5.56 Å². The quantitative estimate of drug-likeness (QED) is 0.804. The van der Waals surface area contributed by atoms with Crippen molar-refractivity contribution in [3.63, 3.8) is 0 Å². The molecule has 1 aromatic carbocycles. The van der Waals surface area contributed by atoms with Crippen LogP contribution in [0.5, 0.6) is 0 Å². The fraction of sp³-hybridized carbons (Fsp3) is 0.0714. The van der Waals surface area contributed by atoms with Gasteiger partial charge in [-0.25, -0.2) is 13.9 Å². The van der Waals surface area contributed by atoms with Crippen LogP contribution in [0.3, 0.4) is 0 Å². The maximum atomic E-state index is 13.7. The van der Waals surface area contributed by atoms with Crippen LogP contribution in [0.2, 0.25) is 0 Å². The molecule has 21 heavy (non-hydrogen) atoms. The summed E-state index contributed by atoms with van der Waals surface area (Å²) >= 11 is 1.38. The van der Waals surface area contributed by atoms with Gasteiger partial charge in [0.25, 0.3) is 0 Å². The number of halogens is 1. The van der Waals surface area contributed by atoms with Gasteiger partial charge in [0.05, 0.1) is 11.4 Å². The monoisotopic (exact) mass is 303 g/mol. The van der Waals surface area contributed by atoms with E-state index in [4.69, 9.17) is 0 Å². The van der Waals surface area contributed by atoms with E-state index in [1.165, 1.54) is 22.1 Å². The molecule has 0 radical (unpaired) electrons. The molecule has 0 saturated heterocycles. The average molecular weight is 303 g/mol. The summed E-state index contributed by atoms with van der Waals surface area (Å²) in [5, 5.41) is 18.6. The van der Waals surface area contributed by atoms with Gasteiger partial charge in [-0.15, -0.1) is 16.4 Å². The second kappa shape index (κ2) is 5.45. The highest BCUT2D eigenvalue weighted by Crippen LogP contribution is 2.27. The van der Waals surface area contributed by atoms with Crippen molar-refractivity contribution >= 4 is 17.3 Å². The predicted octanol–water partition coefficient (Wildman–Crippen LogP) is 2.89. The molecule has 0 aliphatic rings. The van der Waals surface area contributed by atoms with Crippen LogP contribution in [-0.4, -0.2) is 26.1 Å². The van der Waals surface area contributed by atoms with Crippen molar-refractivity contribution < 1.29 is 14.3 Å². The first-order valence-electron chi connectivity index (χ1n) is 6.11. The molecule has 0 fully saturated rings. The number of aromatic carboxylic acids is 1. The van der Waals surface area contributed by atoms with E-state index in [9.17, 15) is 14.3 Å². The van der Waals surface area contributed by atoms with Crippen molar-refractivity contribution in [2.45, 2.75) is 6.54 Å². The van der Waals surface area contributed by atoms with Crippen molar-refractivity contribution in [3.05, 3.63) is 58.9 Å².